The van der Waals surface area contributed by atoms with Crippen LogP contribution in [-0.4, -0.2) is 57.1 Å². The normalized spacial score (nSPS) is 12.1. The molecule has 0 aromatic heterocycles. The minimum atomic E-state index is -4.47. The summed E-state index contributed by atoms with van der Waals surface area (Å²) in [5.41, 5.74) is 0.660. The molecule has 0 aliphatic heterocycles. The van der Waals surface area contributed by atoms with Gasteiger partial charge in [0.1, 0.15) is 19.8 Å². The quantitative estimate of drug-likeness (QED) is 0.0760. The van der Waals surface area contributed by atoms with Crippen LogP contribution in [0.25, 0.3) is 18.2 Å². The zero-order chi connectivity index (χ0) is 32.4. The fraction of sp³-hybridized carbons (Fsp3) is 0.229. The average molecular weight is 623 g/mol. The van der Waals surface area contributed by atoms with Crippen LogP contribution >= 0.6 is 0 Å². The Kier molecular flexibility index (Phi) is 13.8. The molecule has 0 saturated heterocycles. The van der Waals surface area contributed by atoms with E-state index in [2.05, 4.69) is 0 Å². The van der Waals surface area contributed by atoms with Gasteiger partial charge in [-0.1, -0.05) is 91.0 Å². The molecule has 0 amide bonds. The van der Waals surface area contributed by atoms with E-state index in [-0.39, 0.29) is 0 Å². The van der Waals surface area contributed by atoms with E-state index in [1.807, 2.05) is 18.2 Å². The molecule has 0 atom stereocenters. The van der Waals surface area contributed by atoms with Crippen molar-refractivity contribution in [2.45, 2.75) is 12.6 Å². The second-order valence-electron chi connectivity index (χ2n) is 9.97. The van der Waals surface area contributed by atoms with E-state index in [1.54, 1.807) is 72.8 Å². The Morgan fingerprint density at radius 1 is 0.533 bits per heavy atom. The van der Waals surface area contributed by atoms with Gasteiger partial charge in [-0.2, -0.15) is 13.2 Å². The summed E-state index contributed by atoms with van der Waals surface area (Å²) in [6.45, 7) is -2.69. The minimum absolute atomic E-state index is 0.482. The molecular weight excluding hydrogens is 589 g/mol. The van der Waals surface area contributed by atoms with Gasteiger partial charge in [0.05, 0.1) is 25.0 Å². The van der Waals surface area contributed by atoms with Crippen molar-refractivity contribution in [1.29, 1.82) is 0 Å². The lowest BCUT2D eigenvalue weighted by Gasteiger charge is -2.31. The van der Waals surface area contributed by atoms with Crippen LogP contribution in [-0.2, 0) is 33.3 Å². The Hall–Kier alpha value is -4.96. The predicted molar refractivity (Wildman–Crippen MR) is 163 cm³/mol. The Morgan fingerprint density at radius 3 is 1.18 bits per heavy atom. The summed E-state index contributed by atoms with van der Waals surface area (Å²) in [7, 11) is 0. The summed E-state index contributed by atoms with van der Waals surface area (Å²) >= 11 is 0. The van der Waals surface area contributed by atoms with Gasteiger partial charge < -0.3 is 18.9 Å². The maximum absolute atomic E-state index is 12.8. The van der Waals surface area contributed by atoms with Gasteiger partial charge in [-0.15, -0.1) is 0 Å². The lowest BCUT2D eigenvalue weighted by atomic mass is 9.92. The highest BCUT2D eigenvalue weighted by Gasteiger charge is 2.37. The van der Waals surface area contributed by atoms with Crippen LogP contribution in [0, 0.1) is 5.41 Å². The Bertz CT molecular complexity index is 1280. The predicted octanol–water partition coefficient (Wildman–Crippen LogP) is 6.71. The van der Waals surface area contributed by atoms with Crippen molar-refractivity contribution >= 4 is 36.1 Å². The van der Waals surface area contributed by atoms with E-state index in [0.717, 1.165) is 16.7 Å². The third kappa shape index (κ3) is 14.4. The summed E-state index contributed by atoms with van der Waals surface area (Å²) in [4.78, 5) is 37.7. The second-order valence-corrected chi connectivity index (χ2v) is 9.97. The molecule has 3 aromatic carbocycles. The molecule has 0 unspecified atom stereocenters. The van der Waals surface area contributed by atoms with Crippen LogP contribution in [0.4, 0.5) is 13.2 Å². The van der Waals surface area contributed by atoms with Crippen molar-refractivity contribution in [3.8, 4) is 0 Å². The Balaban J connectivity index is 1.77. The molecule has 0 aliphatic rings. The first-order chi connectivity index (χ1) is 21.6. The topological polar surface area (TPSA) is 88.1 Å². The molecule has 0 fully saturated rings. The van der Waals surface area contributed by atoms with Crippen LogP contribution in [0.3, 0.4) is 0 Å². The molecule has 0 N–H and O–H groups in total. The number of carbonyl (C=O) groups is 3. The number of ether oxygens (including phenoxy) is 4. The van der Waals surface area contributed by atoms with Crippen LogP contribution in [0.2, 0.25) is 0 Å². The Labute approximate surface area is 259 Å². The molecule has 3 rings (SSSR count). The van der Waals surface area contributed by atoms with E-state index in [4.69, 9.17) is 18.9 Å². The summed E-state index contributed by atoms with van der Waals surface area (Å²) in [6.07, 6.45) is 2.38. The van der Waals surface area contributed by atoms with Crippen molar-refractivity contribution in [3.05, 3.63) is 126 Å². The zero-order valence-corrected chi connectivity index (χ0v) is 24.4. The molecule has 0 spiro atoms. The van der Waals surface area contributed by atoms with Crippen LogP contribution in [0.5, 0.6) is 0 Å². The number of halogens is 3. The molecule has 0 aliphatic carbocycles. The largest absolute Gasteiger partial charge is 0.462 e. The summed E-state index contributed by atoms with van der Waals surface area (Å²) in [5, 5.41) is 0. The van der Waals surface area contributed by atoms with Gasteiger partial charge in [-0.05, 0) is 34.9 Å². The maximum atomic E-state index is 12.8. The molecule has 10 heteroatoms. The highest BCUT2D eigenvalue weighted by molar-refractivity contribution is 5.88. The standard InChI is InChI=1S/C35H33F3O7/c36-35(37,38)22-23-42-24-34(25-43-31(39)19-16-28-10-4-1-5-11-28,26-44-32(40)20-17-29-12-6-2-7-13-29)27-45-33(41)21-18-30-14-8-3-9-15-30/h1-21H,22-27H2/b19-16+,20-17+,21-18+. The molecule has 0 bridgehead atoms. The average Bonchev–Trinajstić information content (AvgIpc) is 3.05. The molecule has 0 heterocycles. The van der Waals surface area contributed by atoms with Crippen molar-refractivity contribution in [2.75, 3.05) is 33.0 Å². The van der Waals surface area contributed by atoms with Crippen LogP contribution in [0.15, 0.2) is 109 Å². The molecule has 3 aromatic rings. The molecule has 7 nitrogen and oxygen atoms in total. The third-order valence-corrected chi connectivity index (χ3v) is 6.13. The van der Waals surface area contributed by atoms with E-state index < -0.39 is 69.0 Å². The van der Waals surface area contributed by atoms with Gasteiger partial charge in [0.2, 0.25) is 0 Å². The van der Waals surface area contributed by atoms with Crippen molar-refractivity contribution < 1.29 is 46.5 Å². The highest BCUT2D eigenvalue weighted by atomic mass is 19.4. The minimum Gasteiger partial charge on any atom is -0.462 e. The van der Waals surface area contributed by atoms with Gasteiger partial charge in [-0.25, -0.2) is 14.4 Å². The first-order valence-corrected chi connectivity index (χ1v) is 14.0. The van der Waals surface area contributed by atoms with Gasteiger partial charge in [0, 0.05) is 18.2 Å². The lowest BCUT2D eigenvalue weighted by Crippen LogP contribution is -2.43. The van der Waals surface area contributed by atoms with Gasteiger partial charge in [0.25, 0.3) is 0 Å². The van der Waals surface area contributed by atoms with Gasteiger partial charge >= 0.3 is 24.1 Å². The first kappa shape index (κ1) is 34.5. The summed E-state index contributed by atoms with van der Waals surface area (Å²) < 4.78 is 59.9. The smallest absolute Gasteiger partial charge is 0.391 e. The van der Waals surface area contributed by atoms with E-state index >= 15 is 0 Å². The van der Waals surface area contributed by atoms with E-state index in [9.17, 15) is 27.6 Å². The van der Waals surface area contributed by atoms with Crippen molar-refractivity contribution in [2.24, 2.45) is 5.41 Å². The number of hydrogen-bond donors (Lipinski definition) is 0. The lowest BCUT2D eigenvalue weighted by molar-refractivity contribution is -0.166. The highest BCUT2D eigenvalue weighted by Crippen LogP contribution is 2.24. The number of rotatable bonds is 16. The summed E-state index contributed by atoms with van der Waals surface area (Å²) in [5.74, 6) is -2.32. The second kappa shape index (κ2) is 18.0. The van der Waals surface area contributed by atoms with Crippen molar-refractivity contribution in [3.63, 3.8) is 0 Å². The number of alkyl halides is 3. The molecule has 0 radical (unpaired) electrons. The Morgan fingerprint density at radius 2 is 0.867 bits per heavy atom. The number of benzene rings is 3. The fourth-order valence-corrected chi connectivity index (χ4v) is 3.73. The number of esters is 3. The number of carbonyl (C=O) groups excluding carboxylic acids is 3. The maximum Gasteiger partial charge on any atom is 0.391 e. The molecule has 45 heavy (non-hydrogen) atoms. The fourth-order valence-electron chi connectivity index (χ4n) is 3.73. The van der Waals surface area contributed by atoms with Crippen LogP contribution in [0.1, 0.15) is 23.1 Å². The first-order valence-electron chi connectivity index (χ1n) is 14.0. The summed E-state index contributed by atoms with van der Waals surface area (Å²) in [6, 6.07) is 26.8. The monoisotopic (exact) mass is 622 g/mol. The molecule has 0 saturated carbocycles. The SMILES string of the molecule is O=C(/C=C/c1ccccc1)OCC(COCCC(F)(F)F)(COC(=O)/C=C/c1ccccc1)COC(=O)/C=C/c1ccccc1. The number of hydrogen-bond acceptors (Lipinski definition) is 7. The van der Waals surface area contributed by atoms with E-state index in [1.165, 1.54) is 36.5 Å². The molecule has 236 valence electrons. The van der Waals surface area contributed by atoms with Crippen LogP contribution < -0.4 is 0 Å². The molecular formula is C35H33F3O7. The zero-order valence-electron chi connectivity index (χ0n) is 24.4. The van der Waals surface area contributed by atoms with Crippen molar-refractivity contribution in [1.82, 2.24) is 0 Å². The van der Waals surface area contributed by atoms with Gasteiger partial charge in [-0.3, -0.25) is 0 Å². The third-order valence-electron chi connectivity index (χ3n) is 6.13. The van der Waals surface area contributed by atoms with E-state index in [0.29, 0.717) is 0 Å². The van der Waals surface area contributed by atoms with Gasteiger partial charge in [0.15, 0.2) is 0 Å².